The molecule has 29 nitrogen and oxygen atoms in total. The number of Topliss-reactive ketones (excluding diaryl/α,β-unsaturated/α-hetero) is 1. The molecule has 0 saturated heterocycles. The van der Waals surface area contributed by atoms with Gasteiger partial charge in [-0.1, -0.05) is 102 Å². The first kappa shape index (κ1) is 76.5. The molecule has 486 valence electrons. The van der Waals surface area contributed by atoms with Gasteiger partial charge in [-0.15, -0.1) is 0 Å². The SMILES string of the molecule is CCCCCCCCCCCOCCCC(=O)N[C@H](C(=O)N[C@H](C(=O)N[C@@H](Cc1ccccc1)C(=O)N[C@@H](CCCN=C(N)N)C(=O)N[C@@H](CO)C(=O)N[C@@H](CO)C(=O)N[C@@H](CCCN=C(N)N)C(=O)N[C@@H](CCC(=O)O)C(C)=O)C(C)C)[C@@H](C)O. The van der Waals surface area contributed by atoms with Crippen LogP contribution in [-0.2, 0) is 59.1 Å². The smallest absolute Gasteiger partial charge is 0.303 e. The summed E-state index contributed by atoms with van der Waals surface area (Å²) in [4.78, 5) is 141. The number of aliphatic imine (C=N–C) groups is 2. The molecule has 0 heterocycles. The van der Waals surface area contributed by atoms with E-state index in [1.165, 1.54) is 45.4 Å². The summed E-state index contributed by atoms with van der Waals surface area (Å²) in [6.07, 6.45) is 8.47. The first-order chi connectivity index (χ1) is 40.8. The molecule has 0 aliphatic heterocycles. The number of nitrogens with two attached hydrogens (primary N) is 4. The van der Waals surface area contributed by atoms with E-state index < -0.39 is 139 Å². The van der Waals surface area contributed by atoms with Crippen LogP contribution in [0.25, 0.3) is 0 Å². The number of benzene rings is 1. The zero-order chi connectivity index (χ0) is 64.6. The van der Waals surface area contributed by atoms with Crippen LogP contribution < -0.4 is 65.5 Å². The average molecular weight is 1220 g/mol. The predicted molar refractivity (Wildman–Crippen MR) is 321 cm³/mol. The summed E-state index contributed by atoms with van der Waals surface area (Å²) in [5.41, 5.74) is 22.4. The summed E-state index contributed by atoms with van der Waals surface area (Å²) in [5.74, 6) is -10.4. The normalized spacial score (nSPS) is 14.2. The lowest BCUT2D eigenvalue weighted by molar-refractivity contribution is -0.138. The van der Waals surface area contributed by atoms with Gasteiger partial charge in [-0.05, 0) is 70.3 Å². The Morgan fingerprint density at radius 2 is 0.930 bits per heavy atom. The van der Waals surface area contributed by atoms with Gasteiger partial charge in [-0.25, -0.2) is 0 Å². The van der Waals surface area contributed by atoms with Crippen LogP contribution in [-0.4, -0.2) is 185 Å². The molecule has 1 aromatic rings. The Hall–Kier alpha value is -7.50. The van der Waals surface area contributed by atoms with E-state index >= 15 is 0 Å². The third kappa shape index (κ3) is 33.3. The molecule has 29 heteroatoms. The number of ether oxygens (including phenoxy) is 1. The number of aliphatic carboxylic acids is 1. The molecule has 86 heavy (non-hydrogen) atoms. The zero-order valence-electron chi connectivity index (χ0n) is 50.6. The molecule has 0 fully saturated rings. The number of rotatable bonds is 47. The van der Waals surface area contributed by atoms with Crippen LogP contribution in [0.1, 0.15) is 149 Å². The predicted octanol–water partition coefficient (Wildman–Crippen LogP) is -1.98. The van der Waals surface area contributed by atoms with Crippen LogP contribution in [0.3, 0.4) is 0 Å². The standard InChI is InChI=1S/C57H98N14O15/c1-6-7-8-9-10-11-12-13-17-30-86-31-20-25-45(76)70-48(37(5)75)55(85)71-47(35(2)3)54(84)67-42(32-38-21-15-14-16-22-38)51(81)65-41(24-19-29-63-57(60)61)50(80)68-44(34-73)53(83)69-43(33-72)52(82)66-40(23-18-28-62-56(58)59)49(79)64-39(36(4)74)26-27-46(77)78/h14-16,21-22,35,37,39-44,47-48,72-73,75H,6-13,17-20,23-34H2,1-5H3,(H,64,79)(H,65,81)(H,66,82)(H,67,84)(H,68,80)(H,69,83)(H,70,76)(H,71,85)(H,77,78)(H4,58,59,62)(H4,60,61,63)/t37-,39+,40+,41+,42+,43+,44+,47+,48+/m1/s1. The molecule has 0 saturated carbocycles. The monoisotopic (exact) mass is 1220 g/mol. The first-order valence-corrected chi connectivity index (χ1v) is 29.6. The molecule has 0 aliphatic carbocycles. The molecule has 1 aromatic carbocycles. The fourth-order valence-electron chi connectivity index (χ4n) is 8.64. The number of carbonyl (C=O) groups excluding carboxylic acids is 9. The lowest BCUT2D eigenvalue weighted by Gasteiger charge is -2.29. The lowest BCUT2D eigenvalue weighted by Crippen LogP contribution is -2.62. The van der Waals surface area contributed by atoms with E-state index in [9.17, 15) is 63.3 Å². The van der Waals surface area contributed by atoms with Crippen LogP contribution in [0, 0.1) is 5.92 Å². The molecule has 9 atom stereocenters. The van der Waals surface area contributed by atoms with Crippen molar-refractivity contribution >= 4 is 70.9 Å². The van der Waals surface area contributed by atoms with E-state index in [-0.39, 0.29) is 70.0 Å². The fraction of sp³-hybridized carbons (Fsp3) is 0.684. The number of aliphatic hydroxyl groups excluding tert-OH is 3. The third-order valence-corrected chi connectivity index (χ3v) is 13.6. The van der Waals surface area contributed by atoms with Crippen LogP contribution in [0.15, 0.2) is 40.3 Å². The number of unbranched alkanes of at least 4 members (excludes halogenated alkanes) is 8. The fourth-order valence-corrected chi connectivity index (χ4v) is 8.64. The molecule has 20 N–H and O–H groups in total. The van der Waals surface area contributed by atoms with Gasteiger partial charge in [0.15, 0.2) is 17.7 Å². The molecular weight excluding hydrogens is 1120 g/mol. The summed E-state index contributed by atoms with van der Waals surface area (Å²) < 4.78 is 5.71. The summed E-state index contributed by atoms with van der Waals surface area (Å²) in [6.45, 7) is 6.56. The number of aliphatic hydroxyl groups is 3. The van der Waals surface area contributed by atoms with Crippen molar-refractivity contribution in [3.05, 3.63) is 35.9 Å². The number of ketones is 1. The highest BCUT2D eigenvalue weighted by Gasteiger charge is 2.36. The Morgan fingerprint density at radius 1 is 0.500 bits per heavy atom. The number of guanidine groups is 2. The highest BCUT2D eigenvalue weighted by atomic mass is 16.5. The number of nitrogens with one attached hydrogen (secondary N) is 8. The minimum atomic E-state index is -1.84. The van der Waals surface area contributed by atoms with Gasteiger partial charge in [0, 0.05) is 45.6 Å². The number of carboxylic acids is 1. The maximum atomic E-state index is 14.4. The molecule has 0 spiro atoms. The number of carbonyl (C=O) groups is 10. The highest BCUT2D eigenvalue weighted by molar-refractivity contribution is 5.98. The molecule has 8 amide bonds. The van der Waals surface area contributed by atoms with Crippen molar-refractivity contribution in [1.82, 2.24) is 42.5 Å². The second kappa shape index (κ2) is 44.0. The molecular formula is C57H98N14O15. The van der Waals surface area contributed by atoms with Gasteiger partial charge < -0.3 is 90.6 Å². The van der Waals surface area contributed by atoms with E-state index in [0.29, 0.717) is 25.2 Å². The van der Waals surface area contributed by atoms with Gasteiger partial charge in [-0.3, -0.25) is 57.9 Å². The zero-order valence-corrected chi connectivity index (χ0v) is 50.6. The van der Waals surface area contributed by atoms with Gasteiger partial charge >= 0.3 is 5.97 Å². The van der Waals surface area contributed by atoms with Crippen molar-refractivity contribution in [2.75, 3.05) is 39.5 Å². The van der Waals surface area contributed by atoms with Crippen molar-refractivity contribution in [3.8, 4) is 0 Å². The van der Waals surface area contributed by atoms with Crippen molar-refractivity contribution in [1.29, 1.82) is 0 Å². The van der Waals surface area contributed by atoms with Crippen LogP contribution >= 0.6 is 0 Å². The Labute approximate surface area is 503 Å². The van der Waals surface area contributed by atoms with Crippen LogP contribution in [0.2, 0.25) is 0 Å². The number of hydrogen-bond donors (Lipinski definition) is 16. The van der Waals surface area contributed by atoms with E-state index in [4.69, 9.17) is 32.8 Å². The number of carboxylic acid groups (broad SMARTS) is 1. The minimum absolute atomic E-state index is 0.00256. The summed E-state index contributed by atoms with van der Waals surface area (Å²) in [7, 11) is 0. The Balaban J connectivity index is 3.31. The van der Waals surface area contributed by atoms with Gasteiger partial charge in [0.2, 0.25) is 47.3 Å². The number of hydrogen-bond acceptors (Lipinski definition) is 16. The van der Waals surface area contributed by atoms with Gasteiger partial charge in [-0.2, -0.15) is 0 Å². The maximum absolute atomic E-state index is 14.4. The third-order valence-electron chi connectivity index (χ3n) is 13.6. The van der Waals surface area contributed by atoms with E-state index in [1.807, 2.05) is 0 Å². The second-order valence-electron chi connectivity index (χ2n) is 21.4. The van der Waals surface area contributed by atoms with Crippen molar-refractivity contribution in [2.45, 2.75) is 205 Å². The number of amides is 8. The van der Waals surface area contributed by atoms with Gasteiger partial charge in [0.05, 0.1) is 25.4 Å². The quantitative estimate of drug-likeness (QED) is 0.0191. The molecule has 0 aliphatic rings. The van der Waals surface area contributed by atoms with Crippen LogP contribution in [0.4, 0.5) is 0 Å². The van der Waals surface area contributed by atoms with Crippen molar-refractivity contribution in [3.63, 3.8) is 0 Å². The van der Waals surface area contributed by atoms with E-state index in [1.54, 1.807) is 44.2 Å². The van der Waals surface area contributed by atoms with Crippen LogP contribution in [0.5, 0.6) is 0 Å². The average Bonchev–Trinajstić information content (AvgIpc) is 2.70. The molecule has 0 aromatic heterocycles. The van der Waals surface area contributed by atoms with Gasteiger partial charge in [0.25, 0.3) is 0 Å². The minimum Gasteiger partial charge on any atom is -0.481 e. The van der Waals surface area contributed by atoms with Crippen molar-refractivity contribution in [2.24, 2.45) is 38.8 Å². The summed E-state index contributed by atoms with van der Waals surface area (Å²) in [6, 6.07) is -3.66. The highest BCUT2D eigenvalue weighted by Crippen LogP contribution is 2.13. The van der Waals surface area contributed by atoms with Gasteiger partial charge in [0.1, 0.15) is 42.3 Å². The summed E-state index contributed by atoms with van der Waals surface area (Å²) in [5, 5.41) is 60.1. The number of nitrogens with zero attached hydrogens (tertiary/aromatic N) is 2. The van der Waals surface area contributed by atoms with E-state index in [0.717, 1.165) is 26.2 Å². The summed E-state index contributed by atoms with van der Waals surface area (Å²) >= 11 is 0. The Morgan fingerprint density at radius 3 is 1.38 bits per heavy atom. The largest absolute Gasteiger partial charge is 0.481 e. The molecule has 0 radical (unpaired) electrons. The van der Waals surface area contributed by atoms with E-state index in [2.05, 4.69) is 59.4 Å². The first-order valence-electron chi connectivity index (χ1n) is 29.6. The Bertz CT molecular complexity index is 2320. The second-order valence-corrected chi connectivity index (χ2v) is 21.4. The Kier molecular flexibility index (Phi) is 39.2. The lowest BCUT2D eigenvalue weighted by atomic mass is 9.99. The van der Waals surface area contributed by atoms with Crippen molar-refractivity contribution < 1.29 is 73.1 Å². The molecule has 0 unspecified atom stereocenters. The molecule has 1 rings (SSSR count). The molecule has 0 bridgehead atoms. The maximum Gasteiger partial charge on any atom is 0.303 e. The topological polar surface area (TPSA) is 486 Å².